The molecule has 0 fully saturated rings. The van der Waals surface area contributed by atoms with Crippen molar-refractivity contribution in [2.75, 3.05) is 4.90 Å². The average Bonchev–Trinajstić information content (AvgIpc) is 3.76. The molecule has 53 heavy (non-hydrogen) atoms. The van der Waals surface area contributed by atoms with Crippen LogP contribution in [0.5, 0.6) is 0 Å². The Morgan fingerprint density at radius 2 is 0.811 bits per heavy atom. The molecule has 1 aliphatic carbocycles. The zero-order valence-corrected chi connectivity index (χ0v) is 29.9. The Kier molecular flexibility index (Phi) is 7.63. The van der Waals surface area contributed by atoms with Crippen LogP contribution in [-0.4, -0.2) is 0 Å². The normalized spacial score (nSPS) is 12.7. The molecular weight excluding hydrogens is 659 g/mol. The van der Waals surface area contributed by atoms with E-state index >= 15 is 0 Å². The topological polar surface area (TPSA) is 3.24 Å². The van der Waals surface area contributed by atoms with Crippen molar-refractivity contribution in [1.29, 1.82) is 0 Å². The van der Waals surface area contributed by atoms with Crippen LogP contribution in [0.25, 0.3) is 42.8 Å². The van der Waals surface area contributed by atoms with Gasteiger partial charge in [-0.1, -0.05) is 164 Å². The quantitative estimate of drug-likeness (QED) is 0.161. The first-order valence-corrected chi connectivity index (χ1v) is 19.0. The minimum absolute atomic E-state index is 0.433. The van der Waals surface area contributed by atoms with Crippen molar-refractivity contribution in [3.63, 3.8) is 0 Å². The van der Waals surface area contributed by atoms with Gasteiger partial charge in [-0.2, -0.15) is 0 Å². The van der Waals surface area contributed by atoms with Crippen LogP contribution in [0.4, 0.5) is 17.1 Å². The molecular formula is C51H35NS. The van der Waals surface area contributed by atoms with Gasteiger partial charge in [-0.15, -0.1) is 11.3 Å². The minimum Gasteiger partial charge on any atom is -0.311 e. The van der Waals surface area contributed by atoms with Crippen molar-refractivity contribution < 1.29 is 0 Å². The number of thiophene rings is 1. The highest BCUT2D eigenvalue weighted by Crippen LogP contribution is 2.61. The van der Waals surface area contributed by atoms with E-state index in [9.17, 15) is 0 Å². The Labute approximate surface area is 314 Å². The van der Waals surface area contributed by atoms with Gasteiger partial charge in [0.25, 0.3) is 0 Å². The maximum absolute atomic E-state index is 2.46. The molecule has 0 spiro atoms. The molecule has 1 nitrogen and oxygen atoms in total. The third kappa shape index (κ3) is 5.14. The van der Waals surface area contributed by atoms with Crippen LogP contribution in [0, 0.1) is 0 Å². The van der Waals surface area contributed by atoms with Crippen LogP contribution < -0.4 is 4.90 Å². The molecule has 10 rings (SSSR count). The summed E-state index contributed by atoms with van der Waals surface area (Å²) >= 11 is 1.92. The Bertz CT molecular complexity index is 2600. The summed E-state index contributed by atoms with van der Waals surface area (Å²) in [5, 5.41) is 1.34. The van der Waals surface area contributed by atoms with E-state index in [0.717, 1.165) is 17.1 Å². The SMILES string of the molecule is c1ccc(N(c2ccccc2)c2ccc(-c3ccc(-c4ccc5c(c4)C(c4ccccc4)(c4ccccc4)c4c-5sc5ccccc45)cc3)cc2)cc1. The summed E-state index contributed by atoms with van der Waals surface area (Å²) in [6, 6.07) is 77.4. The van der Waals surface area contributed by atoms with E-state index in [0.29, 0.717) is 0 Å². The fraction of sp³-hybridized carbons (Fsp3) is 0.0196. The van der Waals surface area contributed by atoms with Gasteiger partial charge in [-0.05, 0) is 104 Å². The highest BCUT2D eigenvalue weighted by Gasteiger charge is 2.48. The van der Waals surface area contributed by atoms with E-state index in [4.69, 9.17) is 0 Å². The maximum atomic E-state index is 2.46. The van der Waals surface area contributed by atoms with E-state index in [1.54, 1.807) is 0 Å². The molecule has 0 amide bonds. The summed E-state index contributed by atoms with van der Waals surface area (Å²) < 4.78 is 1.33. The largest absolute Gasteiger partial charge is 0.311 e. The summed E-state index contributed by atoms with van der Waals surface area (Å²) in [6.45, 7) is 0. The van der Waals surface area contributed by atoms with Crippen molar-refractivity contribution >= 4 is 38.5 Å². The number of anilines is 3. The zero-order chi connectivity index (χ0) is 35.2. The van der Waals surface area contributed by atoms with Gasteiger partial charge in [0.1, 0.15) is 0 Å². The number of fused-ring (bicyclic) bond motifs is 5. The predicted octanol–water partition coefficient (Wildman–Crippen LogP) is 14.1. The van der Waals surface area contributed by atoms with Crippen molar-refractivity contribution in [1.82, 2.24) is 0 Å². The molecule has 8 aromatic carbocycles. The molecule has 0 bridgehead atoms. The third-order valence-electron chi connectivity index (χ3n) is 10.8. The van der Waals surface area contributed by atoms with Crippen molar-refractivity contribution in [3.05, 3.63) is 235 Å². The fourth-order valence-corrected chi connectivity index (χ4v) is 9.68. The molecule has 9 aromatic rings. The number of hydrogen-bond donors (Lipinski definition) is 0. The number of nitrogens with zero attached hydrogens (tertiary/aromatic N) is 1. The first-order valence-electron chi connectivity index (χ1n) is 18.2. The van der Waals surface area contributed by atoms with Crippen molar-refractivity contribution in [3.8, 4) is 32.7 Å². The number of benzene rings is 8. The third-order valence-corrected chi connectivity index (χ3v) is 12.0. The average molecular weight is 694 g/mol. The van der Waals surface area contributed by atoms with Crippen molar-refractivity contribution in [2.24, 2.45) is 0 Å². The Morgan fingerprint density at radius 3 is 1.38 bits per heavy atom. The van der Waals surface area contributed by atoms with Gasteiger partial charge in [-0.25, -0.2) is 0 Å². The second-order valence-corrected chi connectivity index (χ2v) is 14.7. The van der Waals surface area contributed by atoms with Crippen LogP contribution in [-0.2, 0) is 5.41 Å². The van der Waals surface area contributed by atoms with Crippen LogP contribution >= 0.6 is 11.3 Å². The van der Waals surface area contributed by atoms with E-state index in [1.807, 2.05) is 11.3 Å². The molecule has 1 aliphatic rings. The van der Waals surface area contributed by atoms with Gasteiger partial charge >= 0.3 is 0 Å². The molecule has 2 heteroatoms. The van der Waals surface area contributed by atoms with Crippen LogP contribution in [0.1, 0.15) is 22.3 Å². The summed E-state index contributed by atoms with van der Waals surface area (Å²) in [5.41, 5.74) is 14.5. The van der Waals surface area contributed by atoms with E-state index < -0.39 is 5.41 Å². The van der Waals surface area contributed by atoms with E-state index in [1.165, 1.54) is 65.0 Å². The molecule has 0 unspecified atom stereocenters. The lowest BCUT2D eigenvalue weighted by Crippen LogP contribution is -2.28. The maximum Gasteiger partial charge on any atom is 0.0728 e. The molecule has 1 heterocycles. The first-order chi connectivity index (χ1) is 26.3. The van der Waals surface area contributed by atoms with Gasteiger partial charge in [0.2, 0.25) is 0 Å². The minimum atomic E-state index is -0.433. The summed E-state index contributed by atoms with van der Waals surface area (Å²) in [4.78, 5) is 3.67. The predicted molar refractivity (Wildman–Crippen MR) is 225 cm³/mol. The summed E-state index contributed by atoms with van der Waals surface area (Å²) in [6.07, 6.45) is 0. The molecule has 250 valence electrons. The van der Waals surface area contributed by atoms with Gasteiger partial charge in [0, 0.05) is 26.6 Å². The van der Waals surface area contributed by atoms with E-state index in [-0.39, 0.29) is 0 Å². The zero-order valence-electron chi connectivity index (χ0n) is 29.1. The van der Waals surface area contributed by atoms with Gasteiger partial charge < -0.3 is 4.90 Å². The summed E-state index contributed by atoms with van der Waals surface area (Å²) in [7, 11) is 0. The standard InChI is InChI=1S/C51H35NS/c1-5-15-40(16-6-1)51(41-17-7-2-8-18-41)47-35-39(31-34-45(47)50-49(51)46-23-13-14-24-48(46)53-50)38-27-25-36(26-28-38)37-29-32-44(33-30-37)52(42-19-9-3-10-20-42)43-21-11-4-12-22-43/h1-35H. The lowest BCUT2D eigenvalue weighted by atomic mass is 9.67. The Hall–Kier alpha value is -6.48. The monoisotopic (exact) mass is 693 g/mol. The second-order valence-electron chi connectivity index (χ2n) is 13.7. The van der Waals surface area contributed by atoms with Crippen LogP contribution in [0.15, 0.2) is 212 Å². The molecule has 0 saturated heterocycles. The van der Waals surface area contributed by atoms with Gasteiger partial charge in [-0.3, -0.25) is 0 Å². The molecule has 0 radical (unpaired) electrons. The molecule has 1 aromatic heterocycles. The molecule has 0 aliphatic heterocycles. The molecule has 0 saturated carbocycles. The molecule has 0 N–H and O–H groups in total. The Morgan fingerprint density at radius 1 is 0.377 bits per heavy atom. The number of para-hydroxylation sites is 2. The highest BCUT2D eigenvalue weighted by molar-refractivity contribution is 7.22. The number of hydrogen-bond acceptors (Lipinski definition) is 2. The number of rotatable bonds is 7. The van der Waals surface area contributed by atoms with Gasteiger partial charge in [0.15, 0.2) is 0 Å². The van der Waals surface area contributed by atoms with E-state index in [2.05, 4.69) is 217 Å². The molecule has 0 atom stereocenters. The van der Waals surface area contributed by atoms with Gasteiger partial charge in [0.05, 0.1) is 5.41 Å². The van der Waals surface area contributed by atoms with Crippen molar-refractivity contribution in [2.45, 2.75) is 5.41 Å². The Balaban J connectivity index is 1.05. The lowest BCUT2D eigenvalue weighted by molar-refractivity contribution is 0.777. The fourth-order valence-electron chi connectivity index (χ4n) is 8.38. The van der Waals surface area contributed by atoms with Crippen LogP contribution in [0.2, 0.25) is 0 Å². The second kappa shape index (κ2) is 12.9. The lowest BCUT2D eigenvalue weighted by Gasteiger charge is -2.34. The summed E-state index contributed by atoms with van der Waals surface area (Å²) in [5.74, 6) is 0. The highest BCUT2D eigenvalue weighted by atomic mass is 32.1. The first kappa shape index (κ1) is 31.3. The van der Waals surface area contributed by atoms with Crippen LogP contribution in [0.3, 0.4) is 0 Å². The smallest absolute Gasteiger partial charge is 0.0728 e.